The fraction of sp³-hybridized carbons (Fsp3) is 0.469. The van der Waals surface area contributed by atoms with E-state index in [1.807, 2.05) is 6.92 Å². The van der Waals surface area contributed by atoms with Gasteiger partial charge in [-0.3, -0.25) is 14.6 Å². The lowest BCUT2D eigenvalue weighted by Gasteiger charge is -2.32. The SMILES string of the molecule is Cc1nc(C2CC2)ncc1C(=O)N1CCCN(CC(C)C)CCCN(C(=O)c2cccnc2)c2ccc(F)cc2C1. The number of benzene rings is 1. The molecule has 2 aliphatic rings. The molecule has 1 fully saturated rings. The molecule has 9 heteroatoms. The Balaban J connectivity index is 1.51. The summed E-state index contributed by atoms with van der Waals surface area (Å²) in [6.07, 6.45) is 8.54. The highest BCUT2D eigenvalue weighted by molar-refractivity contribution is 6.06. The number of carbonyl (C=O) groups is 2. The van der Waals surface area contributed by atoms with Gasteiger partial charge in [0.1, 0.15) is 11.6 Å². The average molecular weight is 559 g/mol. The highest BCUT2D eigenvalue weighted by Crippen LogP contribution is 2.38. The molecule has 0 saturated heterocycles. The van der Waals surface area contributed by atoms with Crippen molar-refractivity contribution in [2.75, 3.05) is 37.6 Å². The molecule has 0 spiro atoms. The second-order valence-corrected chi connectivity index (χ2v) is 11.6. The van der Waals surface area contributed by atoms with E-state index in [4.69, 9.17) is 0 Å². The van der Waals surface area contributed by atoms with E-state index in [9.17, 15) is 14.0 Å². The largest absolute Gasteiger partial charge is 0.334 e. The van der Waals surface area contributed by atoms with E-state index in [1.165, 1.54) is 12.1 Å². The van der Waals surface area contributed by atoms with Crippen LogP contribution < -0.4 is 4.90 Å². The van der Waals surface area contributed by atoms with Crippen LogP contribution in [0.2, 0.25) is 0 Å². The van der Waals surface area contributed by atoms with Crippen LogP contribution in [0.5, 0.6) is 0 Å². The predicted molar refractivity (Wildman–Crippen MR) is 156 cm³/mol. The van der Waals surface area contributed by atoms with Gasteiger partial charge in [-0.1, -0.05) is 13.8 Å². The van der Waals surface area contributed by atoms with Crippen molar-refractivity contribution in [2.45, 2.75) is 58.9 Å². The van der Waals surface area contributed by atoms with Crippen LogP contribution in [0.4, 0.5) is 10.1 Å². The van der Waals surface area contributed by atoms with Gasteiger partial charge < -0.3 is 14.7 Å². The third-order valence-electron chi connectivity index (χ3n) is 7.69. The molecule has 3 aromatic rings. The quantitative estimate of drug-likeness (QED) is 0.426. The summed E-state index contributed by atoms with van der Waals surface area (Å²) in [7, 11) is 0. The number of halogens is 1. The van der Waals surface area contributed by atoms with Crippen molar-refractivity contribution in [2.24, 2.45) is 5.92 Å². The maximum Gasteiger partial charge on any atom is 0.259 e. The number of pyridine rings is 1. The number of aryl methyl sites for hydroxylation is 1. The van der Waals surface area contributed by atoms with E-state index >= 15 is 0 Å². The first-order valence-corrected chi connectivity index (χ1v) is 14.7. The molecule has 0 N–H and O–H groups in total. The van der Waals surface area contributed by atoms with Crippen LogP contribution in [-0.4, -0.2) is 69.3 Å². The molecule has 2 amide bonds. The second kappa shape index (κ2) is 12.9. The Kier molecular flexibility index (Phi) is 9.03. The topological polar surface area (TPSA) is 82.5 Å². The standard InChI is InChI=1S/C32H39FN6O2/c1-22(2)20-37-13-5-15-38(32(41)28-19-35-30(24-8-9-24)36-23(28)3)21-26-17-27(33)10-11-29(26)39(16-6-14-37)31(40)25-7-4-12-34-18-25/h4,7,10-12,17-19,22,24H,5-6,8-9,13-16,20-21H2,1-3H3. The summed E-state index contributed by atoms with van der Waals surface area (Å²) >= 11 is 0. The van der Waals surface area contributed by atoms with E-state index in [2.05, 4.69) is 33.7 Å². The number of nitrogens with zero attached hydrogens (tertiary/aromatic N) is 6. The third-order valence-corrected chi connectivity index (χ3v) is 7.69. The van der Waals surface area contributed by atoms with Crippen molar-refractivity contribution < 1.29 is 14.0 Å². The van der Waals surface area contributed by atoms with Gasteiger partial charge in [0, 0.05) is 56.4 Å². The van der Waals surface area contributed by atoms with E-state index in [-0.39, 0.29) is 18.4 Å². The van der Waals surface area contributed by atoms with Gasteiger partial charge in [-0.2, -0.15) is 0 Å². The minimum atomic E-state index is -0.409. The summed E-state index contributed by atoms with van der Waals surface area (Å²) in [6, 6.07) is 7.94. The van der Waals surface area contributed by atoms with Crippen LogP contribution in [0.1, 0.15) is 83.2 Å². The molecule has 8 nitrogen and oxygen atoms in total. The fourth-order valence-electron chi connectivity index (χ4n) is 5.53. The number of aromatic nitrogens is 3. The number of anilines is 1. The molecule has 1 saturated carbocycles. The summed E-state index contributed by atoms with van der Waals surface area (Å²) in [4.78, 5) is 46.9. The molecule has 5 rings (SSSR count). The molecule has 41 heavy (non-hydrogen) atoms. The molecule has 216 valence electrons. The van der Waals surface area contributed by atoms with Crippen molar-refractivity contribution in [3.8, 4) is 0 Å². The molecule has 0 radical (unpaired) electrons. The van der Waals surface area contributed by atoms with Gasteiger partial charge in [-0.15, -0.1) is 0 Å². The maximum absolute atomic E-state index is 14.7. The van der Waals surface area contributed by atoms with Crippen LogP contribution in [0.15, 0.2) is 48.9 Å². The Morgan fingerprint density at radius 1 is 1.02 bits per heavy atom. The minimum absolute atomic E-state index is 0.163. The number of hydrogen-bond donors (Lipinski definition) is 0. The van der Waals surface area contributed by atoms with Gasteiger partial charge in [0.25, 0.3) is 11.8 Å². The smallest absolute Gasteiger partial charge is 0.259 e. The summed E-state index contributed by atoms with van der Waals surface area (Å²) in [5.74, 6) is 0.892. The lowest BCUT2D eigenvalue weighted by molar-refractivity contribution is 0.0731. The lowest BCUT2D eigenvalue weighted by Crippen LogP contribution is -2.40. The second-order valence-electron chi connectivity index (χ2n) is 11.6. The van der Waals surface area contributed by atoms with Gasteiger partial charge in [-0.05, 0) is 87.5 Å². The maximum atomic E-state index is 14.7. The highest BCUT2D eigenvalue weighted by atomic mass is 19.1. The molecule has 2 aromatic heterocycles. The minimum Gasteiger partial charge on any atom is -0.334 e. The molecule has 1 aliphatic heterocycles. The van der Waals surface area contributed by atoms with Gasteiger partial charge in [0.2, 0.25) is 0 Å². The number of fused-ring (bicyclic) bond motifs is 1. The van der Waals surface area contributed by atoms with Crippen molar-refractivity contribution in [3.05, 3.63) is 82.9 Å². The van der Waals surface area contributed by atoms with Gasteiger partial charge in [-0.25, -0.2) is 14.4 Å². The van der Waals surface area contributed by atoms with Crippen LogP contribution in [0, 0.1) is 18.7 Å². The van der Waals surface area contributed by atoms with Gasteiger partial charge in [0.05, 0.1) is 16.8 Å². The van der Waals surface area contributed by atoms with E-state index in [1.54, 1.807) is 46.6 Å². The van der Waals surface area contributed by atoms with Crippen molar-refractivity contribution in [1.29, 1.82) is 0 Å². The summed E-state index contributed by atoms with van der Waals surface area (Å²) in [5, 5.41) is 0. The Bertz CT molecular complexity index is 1380. The Morgan fingerprint density at radius 2 is 1.80 bits per heavy atom. The first-order chi connectivity index (χ1) is 19.8. The zero-order valence-corrected chi connectivity index (χ0v) is 24.2. The monoisotopic (exact) mass is 558 g/mol. The van der Waals surface area contributed by atoms with E-state index in [0.29, 0.717) is 53.0 Å². The Hall–Kier alpha value is -3.72. The number of amides is 2. The number of hydrogen-bond acceptors (Lipinski definition) is 6. The van der Waals surface area contributed by atoms with Crippen LogP contribution >= 0.6 is 0 Å². The molecule has 1 aromatic carbocycles. The van der Waals surface area contributed by atoms with Crippen LogP contribution in [-0.2, 0) is 6.54 Å². The predicted octanol–water partition coefficient (Wildman–Crippen LogP) is 5.24. The van der Waals surface area contributed by atoms with Gasteiger partial charge in [0.15, 0.2) is 0 Å². The molecule has 3 heterocycles. The molecule has 0 bridgehead atoms. The molecular weight excluding hydrogens is 519 g/mol. The summed E-state index contributed by atoms with van der Waals surface area (Å²) in [6.45, 7) is 9.93. The van der Waals surface area contributed by atoms with Crippen LogP contribution in [0.3, 0.4) is 0 Å². The number of carbonyl (C=O) groups excluding carboxylic acids is 2. The van der Waals surface area contributed by atoms with Crippen molar-refractivity contribution in [3.63, 3.8) is 0 Å². The van der Waals surface area contributed by atoms with E-state index in [0.717, 1.165) is 51.1 Å². The first kappa shape index (κ1) is 28.8. The first-order valence-electron chi connectivity index (χ1n) is 14.7. The van der Waals surface area contributed by atoms with E-state index < -0.39 is 5.82 Å². The Labute approximate surface area is 241 Å². The average Bonchev–Trinajstić information content (AvgIpc) is 3.80. The van der Waals surface area contributed by atoms with Crippen molar-refractivity contribution >= 4 is 17.5 Å². The normalized spacial score (nSPS) is 17.1. The summed E-state index contributed by atoms with van der Waals surface area (Å²) in [5.41, 5.74) is 2.77. The summed E-state index contributed by atoms with van der Waals surface area (Å²) < 4.78 is 14.7. The molecule has 0 atom stereocenters. The lowest BCUT2D eigenvalue weighted by atomic mass is 10.1. The molecule has 0 unspecified atom stereocenters. The zero-order chi connectivity index (χ0) is 28.9. The molecule has 1 aliphatic carbocycles. The van der Waals surface area contributed by atoms with Crippen molar-refractivity contribution in [1.82, 2.24) is 24.8 Å². The highest BCUT2D eigenvalue weighted by Gasteiger charge is 2.29. The Morgan fingerprint density at radius 3 is 2.49 bits per heavy atom. The molecular formula is C32H39FN6O2. The zero-order valence-electron chi connectivity index (χ0n) is 24.2. The third kappa shape index (κ3) is 7.14. The van der Waals surface area contributed by atoms with Gasteiger partial charge >= 0.3 is 0 Å². The fourth-order valence-corrected chi connectivity index (χ4v) is 5.53. The van der Waals surface area contributed by atoms with Crippen LogP contribution in [0.25, 0.3) is 0 Å². The number of rotatable bonds is 5.